The Labute approximate surface area is 129 Å². The summed E-state index contributed by atoms with van der Waals surface area (Å²) < 4.78 is 0.601. The molecule has 104 valence electrons. The van der Waals surface area contributed by atoms with Crippen LogP contribution in [0, 0.1) is 0 Å². The molecule has 0 aliphatic rings. The number of rotatable bonds is 3. The second-order valence-corrected chi connectivity index (χ2v) is 5.64. The fourth-order valence-corrected chi connectivity index (χ4v) is 1.93. The van der Waals surface area contributed by atoms with E-state index >= 15 is 0 Å². The van der Waals surface area contributed by atoms with Crippen LogP contribution in [0.5, 0.6) is 0 Å². The molecule has 2 aromatic heterocycles. The van der Waals surface area contributed by atoms with Gasteiger partial charge < -0.3 is 5.32 Å². The van der Waals surface area contributed by atoms with E-state index in [1.165, 1.54) is 18.5 Å². The highest BCUT2D eigenvalue weighted by Gasteiger charge is 2.12. The Balaban J connectivity index is 2.22. The van der Waals surface area contributed by atoms with Crippen LogP contribution in [0.4, 0.5) is 5.82 Å². The summed E-state index contributed by atoms with van der Waals surface area (Å²) in [6, 6.07) is 3.24. The molecule has 1 amide bonds. The maximum atomic E-state index is 12.1. The average Bonchev–Trinajstić information content (AvgIpc) is 2.40. The van der Waals surface area contributed by atoms with Gasteiger partial charge in [-0.05, 0) is 34.0 Å². The second-order valence-electron chi connectivity index (χ2n) is 4.44. The number of halogens is 2. The summed E-state index contributed by atoms with van der Waals surface area (Å²) in [7, 11) is 0. The molecule has 0 atom stereocenters. The highest BCUT2D eigenvalue weighted by atomic mass is 79.9. The number of pyridine rings is 1. The minimum absolute atomic E-state index is 0.188. The lowest BCUT2D eigenvalue weighted by Crippen LogP contribution is -2.14. The molecule has 0 saturated heterocycles. The van der Waals surface area contributed by atoms with E-state index in [1.807, 2.05) is 13.8 Å². The zero-order valence-corrected chi connectivity index (χ0v) is 13.2. The summed E-state index contributed by atoms with van der Waals surface area (Å²) in [5.74, 6) is 0.262. The summed E-state index contributed by atoms with van der Waals surface area (Å²) in [6.07, 6.45) is 2.98. The molecular weight excluding hydrogens is 344 g/mol. The van der Waals surface area contributed by atoms with Crippen LogP contribution in [0.3, 0.4) is 0 Å². The molecule has 0 bridgehead atoms. The van der Waals surface area contributed by atoms with Crippen molar-refractivity contribution in [3.63, 3.8) is 0 Å². The van der Waals surface area contributed by atoms with Gasteiger partial charge in [0, 0.05) is 11.3 Å². The van der Waals surface area contributed by atoms with Crippen LogP contribution in [0.25, 0.3) is 0 Å². The summed E-state index contributed by atoms with van der Waals surface area (Å²) in [5, 5.41) is 2.95. The monoisotopic (exact) mass is 354 g/mol. The number of nitrogens with one attached hydrogen (secondary N) is 1. The zero-order valence-electron chi connectivity index (χ0n) is 10.9. The number of carbonyl (C=O) groups is 1. The van der Waals surface area contributed by atoms with Crippen LogP contribution >= 0.6 is 27.5 Å². The molecule has 0 unspecified atom stereocenters. The van der Waals surface area contributed by atoms with Crippen LogP contribution in [-0.2, 0) is 0 Å². The lowest BCUT2D eigenvalue weighted by atomic mass is 10.1. The van der Waals surface area contributed by atoms with Gasteiger partial charge in [0.15, 0.2) is 5.82 Å². The van der Waals surface area contributed by atoms with Crippen molar-refractivity contribution < 1.29 is 4.79 Å². The molecule has 20 heavy (non-hydrogen) atoms. The topological polar surface area (TPSA) is 67.8 Å². The minimum Gasteiger partial charge on any atom is -0.305 e. The van der Waals surface area contributed by atoms with Gasteiger partial charge in [-0.25, -0.2) is 15.0 Å². The Morgan fingerprint density at radius 2 is 2.05 bits per heavy atom. The van der Waals surface area contributed by atoms with Crippen molar-refractivity contribution in [2.45, 2.75) is 19.8 Å². The van der Waals surface area contributed by atoms with Gasteiger partial charge >= 0.3 is 0 Å². The number of amides is 1. The van der Waals surface area contributed by atoms with Gasteiger partial charge in [-0.15, -0.1) is 0 Å². The minimum atomic E-state index is -0.298. The maximum Gasteiger partial charge on any atom is 0.257 e. The predicted molar refractivity (Wildman–Crippen MR) is 81.0 cm³/mol. The van der Waals surface area contributed by atoms with Crippen molar-refractivity contribution in [1.82, 2.24) is 15.0 Å². The van der Waals surface area contributed by atoms with Crippen molar-refractivity contribution in [2.75, 3.05) is 5.32 Å². The van der Waals surface area contributed by atoms with Gasteiger partial charge in [-0.1, -0.05) is 25.4 Å². The first-order valence-corrected chi connectivity index (χ1v) is 7.09. The van der Waals surface area contributed by atoms with Crippen LogP contribution < -0.4 is 5.32 Å². The first-order valence-electron chi connectivity index (χ1n) is 5.92. The smallest absolute Gasteiger partial charge is 0.257 e. The third kappa shape index (κ3) is 3.74. The summed E-state index contributed by atoms with van der Waals surface area (Å²) in [6.45, 7) is 3.97. The molecule has 0 aromatic carbocycles. The molecule has 0 fully saturated rings. The van der Waals surface area contributed by atoms with Gasteiger partial charge in [-0.2, -0.15) is 0 Å². The fourth-order valence-electron chi connectivity index (χ4n) is 1.51. The molecular formula is C13H12BrClN4O. The maximum absolute atomic E-state index is 12.1. The van der Waals surface area contributed by atoms with Crippen molar-refractivity contribution in [3.8, 4) is 0 Å². The Morgan fingerprint density at radius 3 is 2.65 bits per heavy atom. The van der Waals surface area contributed by atoms with Gasteiger partial charge in [0.05, 0.1) is 12.4 Å². The van der Waals surface area contributed by atoms with Gasteiger partial charge in [-0.3, -0.25) is 4.79 Å². The molecule has 0 aliphatic heterocycles. The van der Waals surface area contributed by atoms with E-state index < -0.39 is 0 Å². The number of hydrogen-bond donors (Lipinski definition) is 1. The number of hydrogen-bond acceptors (Lipinski definition) is 4. The lowest BCUT2D eigenvalue weighted by molar-refractivity contribution is 0.102. The number of nitrogens with zero attached hydrogens (tertiary/aromatic N) is 3. The van der Waals surface area contributed by atoms with E-state index in [9.17, 15) is 4.79 Å². The zero-order chi connectivity index (χ0) is 14.7. The quantitative estimate of drug-likeness (QED) is 0.853. The van der Waals surface area contributed by atoms with Gasteiger partial charge in [0.2, 0.25) is 0 Å². The largest absolute Gasteiger partial charge is 0.305 e. The molecule has 2 heterocycles. The van der Waals surface area contributed by atoms with E-state index in [-0.39, 0.29) is 11.8 Å². The van der Waals surface area contributed by atoms with Gasteiger partial charge in [0.25, 0.3) is 5.91 Å². The molecule has 0 spiro atoms. The first kappa shape index (κ1) is 14.9. The normalized spacial score (nSPS) is 10.7. The molecule has 2 aromatic rings. The molecule has 7 heteroatoms. The van der Waals surface area contributed by atoms with E-state index in [0.717, 1.165) is 5.69 Å². The molecule has 0 radical (unpaired) electrons. The lowest BCUT2D eigenvalue weighted by Gasteiger charge is -2.08. The second kappa shape index (κ2) is 6.28. The molecule has 1 N–H and O–H groups in total. The molecule has 0 aliphatic carbocycles. The van der Waals surface area contributed by atoms with Crippen LogP contribution in [0.2, 0.25) is 5.15 Å². The average molecular weight is 356 g/mol. The predicted octanol–water partition coefficient (Wildman–Crippen LogP) is 3.66. The van der Waals surface area contributed by atoms with Crippen molar-refractivity contribution in [3.05, 3.63) is 45.5 Å². The van der Waals surface area contributed by atoms with E-state index in [2.05, 4.69) is 36.2 Å². The summed E-state index contributed by atoms with van der Waals surface area (Å²) >= 11 is 9.12. The Morgan fingerprint density at radius 1 is 1.30 bits per heavy atom. The van der Waals surface area contributed by atoms with Crippen molar-refractivity contribution in [1.29, 1.82) is 0 Å². The Kier molecular flexibility index (Phi) is 4.67. The van der Waals surface area contributed by atoms with E-state index in [0.29, 0.717) is 21.1 Å². The van der Waals surface area contributed by atoms with Crippen molar-refractivity contribution >= 4 is 39.3 Å². The van der Waals surface area contributed by atoms with Crippen molar-refractivity contribution in [2.24, 2.45) is 0 Å². The standard InChI is InChI=1S/C13H12BrClN4O/c1-7(2)9-3-8(4-11(15)18-9)13(20)19-12-6-16-10(14)5-17-12/h3-7H,1-2H3,(H,17,19,20). The summed E-state index contributed by atoms with van der Waals surface area (Å²) in [4.78, 5) is 24.4. The highest BCUT2D eigenvalue weighted by molar-refractivity contribution is 9.10. The number of anilines is 1. The van der Waals surface area contributed by atoms with Crippen LogP contribution in [0.15, 0.2) is 29.1 Å². The Bertz CT molecular complexity index is 631. The molecule has 2 rings (SSSR count). The summed E-state index contributed by atoms with van der Waals surface area (Å²) in [5.41, 5.74) is 1.21. The third-order valence-electron chi connectivity index (χ3n) is 2.53. The third-order valence-corrected chi connectivity index (χ3v) is 3.13. The van der Waals surface area contributed by atoms with E-state index in [1.54, 1.807) is 6.07 Å². The first-order chi connectivity index (χ1) is 9.45. The van der Waals surface area contributed by atoms with E-state index in [4.69, 9.17) is 11.6 Å². The number of aromatic nitrogens is 3. The molecule has 0 saturated carbocycles. The van der Waals surface area contributed by atoms with Crippen LogP contribution in [-0.4, -0.2) is 20.9 Å². The number of carbonyl (C=O) groups excluding carboxylic acids is 1. The molecule has 5 nitrogen and oxygen atoms in total. The SMILES string of the molecule is CC(C)c1cc(C(=O)Nc2cnc(Br)cn2)cc(Cl)n1. The van der Waals surface area contributed by atoms with Gasteiger partial charge in [0.1, 0.15) is 9.76 Å². The fraction of sp³-hybridized carbons (Fsp3) is 0.231. The Hall–Kier alpha value is -1.53. The van der Waals surface area contributed by atoms with Crippen LogP contribution in [0.1, 0.15) is 35.8 Å². The highest BCUT2D eigenvalue weighted by Crippen LogP contribution is 2.18.